The number of benzene rings is 2. The maximum Gasteiger partial charge on any atom is 0.261 e. The van der Waals surface area contributed by atoms with E-state index in [-0.39, 0.29) is 19.0 Å². The minimum absolute atomic E-state index is 0.0240. The van der Waals surface area contributed by atoms with Gasteiger partial charge in [0.05, 0.1) is 24.0 Å². The third kappa shape index (κ3) is 3.22. The zero-order valence-corrected chi connectivity index (χ0v) is 16.8. The Morgan fingerprint density at radius 2 is 1.68 bits per heavy atom. The third-order valence-corrected chi connectivity index (χ3v) is 5.93. The highest BCUT2D eigenvalue weighted by Gasteiger charge is 2.35. The van der Waals surface area contributed by atoms with Gasteiger partial charge in [-0.3, -0.25) is 19.3 Å². The third-order valence-electron chi connectivity index (χ3n) is 5.93. The van der Waals surface area contributed by atoms with Crippen LogP contribution < -0.4 is 0 Å². The average Bonchev–Trinajstić information content (AvgIpc) is 3.26. The van der Waals surface area contributed by atoms with Crippen LogP contribution in [0.2, 0.25) is 0 Å². The van der Waals surface area contributed by atoms with Crippen LogP contribution in [-0.4, -0.2) is 51.7 Å². The molecule has 156 valence electrons. The van der Waals surface area contributed by atoms with Gasteiger partial charge in [0.2, 0.25) is 0 Å². The highest BCUT2D eigenvalue weighted by atomic mass is 19.1. The number of fused-ring (bicyclic) bond motifs is 2. The van der Waals surface area contributed by atoms with Gasteiger partial charge in [0.25, 0.3) is 17.7 Å². The van der Waals surface area contributed by atoms with Gasteiger partial charge in [-0.25, -0.2) is 4.39 Å². The summed E-state index contributed by atoms with van der Waals surface area (Å²) in [6.07, 6.45) is 3.31. The van der Waals surface area contributed by atoms with Gasteiger partial charge >= 0.3 is 0 Å². The number of amides is 3. The van der Waals surface area contributed by atoms with E-state index in [1.807, 2.05) is 33.9 Å². The van der Waals surface area contributed by atoms with E-state index in [0.717, 1.165) is 35.3 Å². The Bertz CT molecular complexity index is 1220. The number of carbonyl (C=O) groups is 3. The standard InChI is InChI=1S/C24H20FN3O3/c25-13-16(15-28-23(30)19-4-1-2-5-20(19)24(28)31)14-27-11-8-17-12-18(6-7-21(17)27)22(29)26-9-3-10-26/h1-2,4-8,11-13H,3,9-10,14-15H2. The summed E-state index contributed by atoms with van der Waals surface area (Å²) in [5.41, 5.74) is 2.47. The lowest BCUT2D eigenvalue weighted by molar-refractivity contribution is 0.0646. The summed E-state index contributed by atoms with van der Waals surface area (Å²) in [5.74, 6) is -0.797. The Hall–Kier alpha value is -3.74. The Morgan fingerprint density at radius 3 is 2.29 bits per heavy atom. The number of hydrogen-bond acceptors (Lipinski definition) is 3. The molecule has 0 aliphatic carbocycles. The first kappa shape index (κ1) is 19.2. The summed E-state index contributed by atoms with van der Waals surface area (Å²) in [5, 5.41) is 0.880. The molecule has 3 amide bonds. The normalized spacial score (nSPS) is 16.1. The number of aromatic nitrogens is 1. The van der Waals surface area contributed by atoms with Crippen LogP contribution in [0.1, 0.15) is 37.5 Å². The summed E-state index contributed by atoms with van der Waals surface area (Å²) in [6, 6.07) is 14.0. The minimum atomic E-state index is -0.411. The Kier molecular flexibility index (Phi) is 4.66. The summed E-state index contributed by atoms with van der Waals surface area (Å²) >= 11 is 0. The molecule has 31 heavy (non-hydrogen) atoms. The molecule has 3 heterocycles. The Labute approximate surface area is 178 Å². The Morgan fingerprint density at radius 1 is 0.968 bits per heavy atom. The summed E-state index contributed by atoms with van der Waals surface area (Å²) < 4.78 is 15.6. The molecule has 0 N–H and O–H groups in total. The predicted octanol–water partition coefficient (Wildman–Crippen LogP) is 3.64. The van der Waals surface area contributed by atoms with Gasteiger partial charge in [0, 0.05) is 42.3 Å². The molecular formula is C24H20FN3O3. The molecular weight excluding hydrogens is 397 g/mol. The molecule has 3 aromatic rings. The van der Waals surface area contributed by atoms with Crippen LogP contribution in [0.25, 0.3) is 10.9 Å². The average molecular weight is 417 g/mol. The van der Waals surface area contributed by atoms with E-state index >= 15 is 0 Å². The van der Waals surface area contributed by atoms with E-state index in [9.17, 15) is 18.8 Å². The molecule has 0 unspecified atom stereocenters. The lowest BCUT2D eigenvalue weighted by atomic mass is 10.1. The van der Waals surface area contributed by atoms with E-state index in [0.29, 0.717) is 28.6 Å². The van der Waals surface area contributed by atoms with E-state index in [1.54, 1.807) is 30.3 Å². The fourth-order valence-electron chi connectivity index (χ4n) is 4.10. The monoisotopic (exact) mass is 417 g/mol. The van der Waals surface area contributed by atoms with E-state index in [1.165, 1.54) is 0 Å². The van der Waals surface area contributed by atoms with Crippen LogP contribution in [0.5, 0.6) is 0 Å². The van der Waals surface area contributed by atoms with E-state index < -0.39 is 11.8 Å². The lowest BCUT2D eigenvalue weighted by Gasteiger charge is -2.30. The summed E-state index contributed by atoms with van der Waals surface area (Å²) in [6.45, 7) is 1.65. The molecule has 1 saturated heterocycles. The SMILES string of the molecule is O=C(c1ccc2c(ccn2CC(=CF)CN2C(=O)c3ccccc3C2=O)c1)N1CCC1. The van der Waals surface area contributed by atoms with Crippen molar-refractivity contribution in [1.29, 1.82) is 0 Å². The molecule has 2 aromatic carbocycles. The first-order chi connectivity index (χ1) is 15.1. The highest BCUT2D eigenvalue weighted by Crippen LogP contribution is 2.25. The smallest absolute Gasteiger partial charge is 0.261 e. The van der Waals surface area contributed by atoms with Crippen molar-refractivity contribution in [2.75, 3.05) is 19.6 Å². The van der Waals surface area contributed by atoms with Gasteiger partial charge in [0.15, 0.2) is 0 Å². The number of rotatable bonds is 5. The lowest BCUT2D eigenvalue weighted by Crippen LogP contribution is -2.41. The fraction of sp³-hybridized carbons (Fsp3) is 0.208. The van der Waals surface area contributed by atoms with Gasteiger partial charge in [-0.1, -0.05) is 12.1 Å². The first-order valence-corrected chi connectivity index (χ1v) is 10.2. The van der Waals surface area contributed by atoms with Crippen LogP contribution >= 0.6 is 0 Å². The van der Waals surface area contributed by atoms with Gasteiger partial charge in [-0.2, -0.15) is 0 Å². The number of carbonyl (C=O) groups excluding carboxylic acids is 3. The van der Waals surface area contributed by atoms with Crippen molar-refractivity contribution in [1.82, 2.24) is 14.4 Å². The molecule has 1 aromatic heterocycles. The van der Waals surface area contributed by atoms with Gasteiger partial charge in [-0.15, -0.1) is 0 Å². The largest absolute Gasteiger partial charge is 0.343 e. The first-order valence-electron chi connectivity index (χ1n) is 10.2. The van der Waals surface area contributed by atoms with Gasteiger partial charge in [-0.05, 0) is 48.4 Å². The van der Waals surface area contributed by atoms with Crippen molar-refractivity contribution in [3.63, 3.8) is 0 Å². The maximum atomic E-state index is 13.7. The zero-order valence-electron chi connectivity index (χ0n) is 16.8. The second kappa shape index (κ2) is 7.50. The van der Waals surface area contributed by atoms with Crippen molar-refractivity contribution in [3.8, 4) is 0 Å². The molecule has 0 saturated carbocycles. The van der Waals surface area contributed by atoms with Crippen molar-refractivity contribution >= 4 is 28.6 Å². The van der Waals surface area contributed by atoms with Crippen LogP contribution in [0.15, 0.2) is 66.6 Å². The van der Waals surface area contributed by atoms with E-state index in [4.69, 9.17) is 0 Å². The molecule has 0 bridgehead atoms. The van der Waals surface area contributed by atoms with Crippen LogP contribution in [0, 0.1) is 0 Å². The maximum absolute atomic E-state index is 13.7. The van der Waals surface area contributed by atoms with Crippen LogP contribution in [0.3, 0.4) is 0 Å². The number of hydrogen-bond donors (Lipinski definition) is 0. The number of halogens is 1. The van der Waals surface area contributed by atoms with Crippen molar-refractivity contribution in [2.24, 2.45) is 0 Å². The molecule has 2 aliphatic heterocycles. The summed E-state index contributed by atoms with van der Waals surface area (Å²) in [7, 11) is 0. The minimum Gasteiger partial charge on any atom is -0.343 e. The molecule has 2 aliphatic rings. The highest BCUT2D eigenvalue weighted by molar-refractivity contribution is 6.21. The second-order valence-electron chi connectivity index (χ2n) is 7.87. The number of imide groups is 1. The fourth-order valence-corrected chi connectivity index (χ4v) is 4.10. The molecule has 0 spiro atoms. The molecule has 1 fully saturated rings. The van der Waals surface area contributed by atoms with Gasteiger partial charge < -0.3 is 9.47 Å². The second-order valence-corrected chi connectivity index (χ2v) is 7.87. The quantitative estimate of drug-likeness (QED) is 0.596. The number of nitrogens with zero attached hydrogens (tertiary/aromatic N) is 3. The topological polar surface area (TPSA) is 62.6 Å². The Balaban J connectivity index is 1.35. The molecule has 0 atom stereocenters. The van der Waals surface area contributed by atoms with Crippen molar-refractivity contribution in [2.45, 2.75) is 13.0 Å². The molecule has 6 nitrogen and oxygen atoms in total. The molecule has 5 rings (SSSR count). The molecule has 7 heteroatoms. The number of likely N-dealkylation sites (tertiary alicyclic amines) is 1. The van der Waals surface area contributed by atoms with Crippen molar-refractivity contribution in [3.05, 3.63) is 83.3 Å². The van der Waals surface area contributed by atoms with E-state index in [2.05, 4.69) is 0 Å². The predicted molar refractivity (Wildman–Crippen MR) is 113 cm³/mol. The van der Waals surface area contributed by atoms with Crippen LogP contribution in [-0.2, 0) is 6.54 Å². The van der Waals surface area contributed by atoms with Gasteiger partial charge in [0.1, 0.15) is 0 Å². The summed E-state index contributed by atoms with van der Waals surface area (Å²) in [4.78, 5) is 40.5. The molecule has 0 radical (unpaired) electrons. The van der Waals surface area contributed by atoms with Crippen LogP contribution in [0.4, 0.5) is 4.39 Å². The van der Waals surface area contributed by atoms with Crippen molar-refractivity contribution < 1.29 is 18.8 Å². The zero-order chi connectivity index (χ0) is 21.5.